The van der Waals surface area contributed by atoms with Gasteiger partial charge in [-0.15, -0.1) is 0 Å². The fourth-order valence-electron chi connectivity index (χ4n) is 4.24. The van der Waals surface area contributed by atoms with E-state index in [9.17, 15) is 9.59 Å². The van der Waals surface area contributed by atoms with Gasteiger partial charge in [-0.3, -0.25) is 19.9 Å². The molecular weight excluding hydrogens is 370 g/mol. The average Bonchev–Trinajstić information content (AvgIpc) is 3.20. The van der Waals surface area contributed by atoms with Crippen LogP contribution in [-0.2, 0) is 9.59 Å². The quantitative estimate of drug-likeness (QED) is 0.349. The number of nitrogens with two attached hydrogens (primary N) is 2. The Bertz CT molecular complexity index is 1020. The Balaban J connectivity index is 2.02. The van der Waals surface area contributed by atoms with Gasteiger partial charge in [-0.25, -0.2) is 10.9 Å². The molecule has 9 heteroatoms. The van der Waals surface area contributed by atoms with Gasteiger partial charge in [0.25, 0.3) is 5.91 Å². The Kier molecular flexibility index (Phi) is 4.46. The number of allylic oxidation sites excluding steroid dienone is 2. The monoisotopic (exact) mass is 393 g/mol. The molecule has 0 saturated carbocycles. The molecule has 2 aromatic rings. The second-order valence-electron chi connectivity index (χ2n) is 8.06. The van der Waals surface area contributed by atoms with E-state index in [0.29, 0.717) is 24.4 Å². The Labute approximate surface area is 167 Å². The van der Waals surface area contributed by atoms with Crippen LogP contribution in [0.25, 0.3) is 0 Å². The van der Waals surface area contributed by atoms with Gasteiger partial charge in [-0.2, -0.15) is 10.1 Å². The third-order valence-electron chi connectivity index (χ3n) is 5.38. The summed E-state index contributed by atoms with van der Waals surface area (Å²) in [6.45, 7) is 4.07. The van der Waals surface area contributed by atoms with Gasteiger partial charge in [-0.1, -0.05) is 44.2 Å². The predicted octanol–water partition coefficient (Wildman–Crippen LogP) is 1.21. The lowest BCUT2D eigenvalue weighted by Gasteiger charge is -2.43. The summed E-state index contributed by atoms with van der Waals surface area (Å²) in [7, 11) is 0. The molecule has 4 rings (SSSR count). The zero-order valence-corrected chi connectivity index (χ0v) is 16.3. The maximum atomic E-state index is 13.3. The Hall–Kier alpha value is -3.46. The number of H-pyrrole nitrogens is 1. The first-order valence-electron chi connectivity index (χ1n) is 9.31. The number of aromatic amines is 1. The number of benzene rings is 1. The van der Waals surface area contributed by atoms with Crippen molar-refractivity contribution in [2.75, 3.05) is 4.90 Å². The number of nitrogens with zero attached hydrogens (tertiary/aromatic N) is 3. The summed E-state index contributed by atoms with van der Waals surface area (Å²) in [6, 6.07) is 9.37. The number of carbonyl (C=O) groups excluding carboxylic acids is 2. The SMILES string of the molecule is CC1(C)CC(=O)C2=C(C1)N(c1ncn[nH]1)C(N)=C(C(=O)NN)C2c1ccccc1. The number of hydrazine groups is 1. The van der Waals surface area contributed by atoms with E-state index in [0.717, 1.165) is 11.3 Å². The minimum absolute atomic E-state index is 0.0237. The van der Waals surface area contributed by atoms with Gasteiger partial charge in [0, 0.05) is 23.6 Å². The number of hydrogen-bond acceptors (Lipinski definition) is 7. The summed E-state index contributed by atoms with van der Waals surface area (Å²) < 4.78 is 0. The van der Waals surface area contributed by atoms with Crippen LogP contribution >= 0.6 is 0 Å². The molecule has 0 saturated heterocycles. The summed E-state index contributed by atoms with van der Waals surface area (Å²) >= 11 is 0. The second-order valence-corrected chi connectivity index (χ2v) is 8.06. The van der Waals surface area contributed by atoms with Crippen molar-refractivity contribution in [1.82, 2.24) is 20.6 Å². The summed E-state index contributed by atoms with van der Waals surface area (Å²) in [5.74, 6) is 4.79. The number of aromatic nitrogens is 3. The first-order chi connectivity index (χ1) is 13.8. The van der Waals surface area contributed by atoms with E-state index in [1.807, 2.05) is 44.2 Å². The molecule has 2 aliphatic rings. The summed E-state index contributed by atoms with van der Waals surface area (Å²) in [5, 5.41) is 6.69. The Morgan fingerprint density at radius 1 is 1.28 bits per heavy atom. The molecule has 2 heterocycles. The number of rotatable bonds is 3. The molecular formula is C20H23N7O2. The molecule has 0 bridgehead atoms. The van der Waals surface area contributed by atoms with Gasteiger partial charge in [0.2, 0.25) is 5.95 Å². The highest BCUT2D eigenvalue weighted by Gasteiger charge is 2.46. The number of ketones is 1. The molecule has 1 aliphatic carbocycles. The van der Waals surface area contributed by atoms with Crippen LogP contribution in [0.4, 0.5) is 5.95 Å². The van der Waals surface area contributed by atoms with E-state index in [4.69, 9.17) is 11.6 Å². The normalized spacial score (nSPS) is 21.3. The van der Waals surface area contributed by atoms with Crippen molar-refractivity contribution in [3.63, 3.8) is 0 Å². The highest BCUT2D eigenvalue weighted by Crippen LogP contribution is 2.49. The van der Waals surface area contributed by atoms with E-state index in [1.54, 1.807) is 4.90 Å². The molecule has 0 spiro atoms. The molecule has 1 atom stereocenters. The number of nitrogens with one attached hydrogen (secondary N) is 2. The molecule has 29 heavy (non-hydrogen) atoms. The maximum absolute atomic E-state index is 13.3. The highest BCUT2D eigenvalue weighted by molar-refractivity contribution is 6.06. The fourth-order valence-corrected chi connectivity index (χ4v) is 4.24. The van der Waals surface area contributed by atoms with Crippen LogP contribution in [0, 0.1) is 5.41 Å². The van der Waals surface area contributed by atoms with Crippen LogP contribution in [0.5, 0.6) is 0 Å². The summed E-state index contributed by atoms with van der Waals surface area (Å²) in [6.07, 6.45) is 2.32. The van der Waals surface area contributed by atoms with E-state index in [1.165, 1.54) is 6.33 Å². The minimum atomic E-state index is -0.613. The smallest absolute Gasteiger partial charge is 0.265 e. The Morgan fingerprint density at radius 3 is 2.62 bits per heavy atom. The van der Waals surface area contributed by atoms with Crippen LogP contribution < -0.4 is 21.9 Å². The Morgan fingerprint density at radius 2 is 2.00 bits per heavy atom. The maximum Gasteiger partial charge on any atom is 0.265 e. The van der Waals surface area contributed by atoms with Crippen molar-refractivity contribution in [3.8, 4) is 0 Å². The van der Waals surface area contributed by atoms with Crippen LogP contribution in [-0.4, -0.2) is 26.9 Å². The standard InChI is InChI=1S/C20H23N7O2/c1-20(2)8-12-15(13(28)9-20)14(11-6-4-3-5-7-11)16(18(29)25-22)17(21)27(12)19-23-10-24-26-19/h3-7,10,14H,8-9,21-22H2,1-2H3,(H,25,29)(H,23,24,26). The van der Waals surface area contributed by atoms with Crippen molar-refractivity contribution in [2.45, 2.75) is 32.6 Å². The van der Waals surface area contributed by atoms with Crippen molar-refractivity contribution in [1.29, 1.82) is 0 Å². The highest BCUT2D eigenvalue weighted by atomic mass is 16.2. The molecule has 1 aromatic heterocycles. The molecule has 150 valence electrons. The van der Waals surface area contributed by atoms with Crippen LogP contribution in [0.15, 0.2) is 59.3 Å². The van der Waals surface area contributed by atoms with Gasteiger partial charge < -0.3 is 5.73 Å². The molecule has 1 aromatic carbocycles. The molecule has 1 aliphatic heterocycles. The summed E-state index contributed by atoms with van der Waals surface area (Å²) in [5.41, 5.74) is 10.7. The first-order valence-corrected chi connectivity index (χ1v) is 9.31. The third kappa shape index (κ3) is 3.09. The number of carbonyl (C=O) groups is 2. The van der Waals surface area contributed by atoms with Crippen molar-refractivity contribution in [3.05, 3.63) is 64.9 Å². The predicted molar refractivity (Wildman–Crippen MR) is 107 cm³/mol. The number of hydrogen-bond donors (Lipinski definition) is 4. The van der Waals surface area contributed by atoms with Crippen molar-refractivity contribution in [2.24, 2.45) is 17.0 Å². The van der Waals surface area contributed by atoms with Crippen LogP contribution in [0.1, 0.15) is 38.2 Å². The van der Waals surface area contributed by atoms with E-state index in [-0.39, 0.29) is 22.6 Å². The molecule has 6 N–H and O–H groups in total. The fraction of sp³-hybridized carbons (Fsp3) is 0.300. The van der Waals surface area contributed by atoms with Crippen molar-refractivity contribution < 1.29 is 9.59 Å². The molecule has 1 amide bonds. The molecule has 0 radical (unpaired) electrons. The third-order valence-corrected chi connectivity index (χ3v) is 5.38. The minimum Gasteiger partial charge on any atom is -0.384 e. The zero-order chi connectivity index (χ0) is 20.8. The van der Waals surface area contributed by atoms with Gasteiger partial charge >= 0.3 is 0 Å². The lowest BCUT2D eigenvalue weighted by atomic mass is 9.68. The topological polar surface area (TPSA) is 143 Å². The second kappa shape index (κ2) is 6.85. The van der Waals surface area contributed by atoms with E-state index < -0.39 is 11.8 Å². The number of amides is 1. The number of Topliss-reactive ketones (excluding diaryl/α,β-unsaturated/α-hetero) is 1. The molecule has 9 nitrogen and oxygen atoms in total. The first kappa shape index (κ1) is 18.9. The average molecular weight is 393 g/mol. The summed E-state index contributed by atoms with van der Waals surface area (Å²) in [4.78, 5) is 32.0. The number of anilines is 1. The molecule has 0 fully saturated rings. The lowest BCUT2D eigenvalue weighted by molar-refractivity contribution is -0.118. The van der Waals surface area contributed by atoms with Crippen molar-refractivity contribution >= 4 is 17.6 Å². The van der Waals surface area contributed by atoms with E-state index >= 15 is 0 Å². The van der Waals surface area contributed by atoms with Gasteiger partial charge in [0.05, 0.1) is 5.57 Å². The lowest BCUT2D eigenvalue weighted by Crippen LogP contribution is -2.46. The zero-order valence-electron chi connectivity index (χ0n) is 16.3. The molecule has 1 unspecified atom stereocenters. The van der Waals surface area contributed by atoms with Gasteiger partial charge in [0.1, 0.15) is 12.1 Å². The van der Waals surface area contributed by atoms with Crippen LogP contribution in [0.2, 0.25) is 0 Å². The van der Waals surface area contributed by atoms with Gasteiger partial charge in [-0.05, 0) is 17.4 Å². The van der Waals surface area contributed by atoms with E-state index in [2.05, 4.69) is 20.6 Å². The van der Waals surface area contributed by atoms with Gasteiger partial charge in [0.15, 0.2) is 5.78 Å². The van der Waals surface area contributed by atoms with Crippen LogP contribution in [0.3, 0.4) is 0 Å². The largest absolute Gasteiger partial charge is 0.384 e.